The molecule has 0 aliphatic rings. The second kappa shape index (κ2) is 4.04. The summed E-state index contributed by atoms with van der Waals surface area (Å²) in [5.74, 6) is -3.36. The topological polar surface area (TPSA) is 17.1 Å². The van der Waals surface area contributed by atoms with Crippen LogP contribution in [0, 0.1) is 0 Å². The van der Waals surface area contributed by atoms with Gasteiger partial charge in [-0.3, -0.25) is 4.57 Å². The maximum Gasteiger partial charge on any atom is 0.282 e. The summed E-state index contributed by atoms with van der Waals surface area (Å²) in [5, 5.41) is -0.0394. The van der Waals surface area contributed by atoms with E-state index in [9.17, 15) is 4.57 Å². The minimum atomic E-state index is -3.36. The van der Waals surface area contributed by atoms with Crippen molar-refractivity contribution in [3.63, 3.8) is 0 Å². The van der Waals surface area contributed by atoms with Gasteiger partial charge in [-0.05, 0) is 22.5 Å². The highest BCUT2D eigenvalue weighted by Crippen LogP contribution is 2.65. The number of hydrogen-bond donors (Lipinski definition) is 0. The van der Waals surface area contributed by atoms with E-state index in [0.29, 0.717) is 0 Å². The van der Waals surface area contributed by atoms with Crippen molar-refractivity contribution >= 4 is 51.5 Å². The quantitative estimate of drug-likeness (QED) is 0.513. The average molecular weight is 240 g/mol. The summed E-state index contributed by atoms with van der Waals surface area (Å²) in [7, 11) is 0. The Labute approximate surface area is 78.5 Å². The first-order valence-electron chi connectivity index (χ1n) is 2.04. The molecule has 0 aromatic carbocycles. The summed E-state index contributed by atoms with van der Waals surface area (Å²) in [6, 6.07) is 0. The van der Waals surface area contributed by atoms with Crippen molar-refractivity contribution in [3.8, 4) is 0 Å². The number of allylic oxidation sites excluding steroid dienone is 2. The van der Waals surface area contributed by atoms with E-state index in [-0.39, 0.29) is 10.3 Å². The number of hydrogen-bond acceptors (Lipinski definition) is 1. The highest BCUT2D eigenvalue weighted by Gasteiger charge is 2.20. The first-order valence-corrected chi connectivity index (χ1v) is 6.37. The molecule has 0 rings (SSSR count). The second-order valence-corrected chi connectivity index (χ2v) is 6.83. The highest BCUT2D eigenvalue weighted by atomic mass is 35.9. The van der Waals surface area contributed by atoms with Crippen LogP contribution < -0.4 is 0 Å². The van der Waals surface area contributed by atoms with Crippen LogP contribution >= 0.6 is 51.5 Å². The van der Waals surface area contributed by atoms with Crippen LogP contribution in [-0.2, 0) is 4.57 Å². The summed E-state index contributed by atoms with van der Waals surface area (Å²) in [6.45, 7) is 3.29. The van der Waals surface area contributed by atoms with Crippen LogP contribution in [0.1, 0.15) is 0 Å². The molecule has 0 N–H and O–H groups in total. The summed E-state index contributed by atoms with van der Waals surface area (Å²) < 4.78 is 10.8. The van der Waals surface area contributed by atoms with Crippen molar-refractivity contribution in [1.82, 2.24) is 0 Å². The SMILES string of the molecule is C=C(C(Cl)=CCl)P(=O)(Cl)Cl. The number of halogens is 4. The zero-order chi connectivity index (χ0) is 8.36. The lowest BCUT2D eigenvalue weighted by atomic mass is 10.6. The molecule has 0 bridgehead atoms. The molecule has 0 spiro atoms. The molecule has 0 amide bonds. The Morgan fingerprint density at radius 1 is 1.50 bits per heavy atom. The Hall–Kier alpha value is 0.870. The number of rotatable bonds is 2. The average Bonchev–Trinajstić information content (AvgIpc) is 1.83. The third kappa shape index (κ3) is 3.32. The summed E-state index contributed by atoms with van der Waals surface area (Å²) in [4.78, 5) is 0. The lowest BCUT2D eigenvalue weighted by molar-refractivity contribution is 0.596. The molecule has 0 aliphatic carbocycles. The standard InChI is InChI=1S/C4H3Cl4OP/c1-3(4(6)2-5)10(7,8)9/h2H,1H2. The Morgan fingerprint density at radius 2 is 1.90 bits per heavy atom. The fourth-order valence-corrected chi connectivity index (χ4v) is 1.87. The third-order valence-corrected chi connectivity index (χ3v) is 3.58. The van der Waals surface area contributed by atoms with Gasteiger partial charge in [0, 0.05) is 5.54 Å². The maximum absolute atomic E-state index is 10.8. The van der Waals surface area contributed by atoms with E-state index >= 15 is 0 Å². The van der Waals surface area contributed by atoms with Gasteiger partial charge in [0.15, 0.2) is 0 Å². The van der Waals surface area contributed by atoms with Crippen molar-refractivity contribution < 1.29 is 4.57 Å². The monoisotopic (exact) mass is 238 g/mol. The van der Waals surface area contributed by atoms with Gasteiger partial charge in [0.05, 0.1) is 10.3 Å². The van der Waals surface area contributed by atoms with E-state index in [0.717, 1.165) is 5.54 Å². The van der Waals surface area contributed by atoms with E-state index in [1.807, 2.05) is 0 Å². The zero-order valence-electron chi connectivity index (χ0n) is 4.65. The van der Waals surface area contributed by atoms with E-state index in [1.165, 1.54) is 0 Å². The second-order valence-electron chi connectivity index (χ2n) is 1.37. The zero-order valence-corrected chi connectivity index (χ0v) is 8.57. The predicted octanol–water partition coefficient (Wildman–Crippen LogP) is 4.49. The fraction of sp³-hybridized carbons (Fsp3) is 0. The summed E-state index contributed by atoms with van der Waals surface area (Å²) in [6.07, 6.45) is 0. The third-order valence-electron chi connectivity index (χ3n) is 0.686. The molecule has 0 unspecified atom stereocenters. The van der Waals surface area contributed by atoms with Crippen LogP contribution in [0.25, 0.3) is 0 Å². The van der Waals surface area contributed by atoms with Crippen LogP contribution in [0.3, 0.4) is 0 Å². The van der Waals surface area contributed by atoms with E-state index in [1.54, 1.807) is 0 Å². The predicted molar refractivity (Wildman–Crippen MR) is 48.2 cm³/mol. The molecular formula is C4H3Cl4OP. The van der Waals surface area contributed by atoms with Crippen molar-refractivity contribution in [2.45, 2.75) is 0 Å². The molecule has 0 aromatic rings. The molecule has 0 aliphatic heterocycles. The van der Waals surface area contributed by atoms with Crippen LogP contribution in [0.15, 0.2) is 22.5 Å². The molecule has 0 saturated heterocycles. The van der Waals surface area contributed by atoms with Crippen molar-refractivity contribution in [2.75, 3.05) is 0 Å². The van der Waals surface area contributed by atoms with Crippen molar-refractivity contribution in [3.05, 3.63) is 22.5 Å². The lowest BCUT2D eigenvalue weighted by Gasteiger charge is -2.01. The van der Waals surface area contributed by atoms with Gasteiger partial charge < -0.3 is 0 Å². The first-order chi connectivity index (χ1) is 4.39. The van der Waals surface area contributed by atoms with Crippen LogP contribution in [0.5, 0.6) is 0 Å². The minimum Gasteiger partial charge on any atom is -0.284 e. The molecule has 0 radical (unpaired) electrons. The van der Waals surface area contributed by atoms with Gasteiger partial charge in [-0.2, -0.15) is 0 Å². The van der Waals surface area contributed by atoms with Gasteiger partial charge in [-0.15, -0.1) is 0 Å². The molecule has 0 atom stereocenters. The minimum absolute atomic E-state index is 0.00926. The Morgan fingerprint density at radius 3 is 2.00 bits per heavy atom. The normalized spacial score (nSPS) is 13.4. The fourth-order valence-electron chi connectivity index (χ4n) is 0.187. The molecule has 0 fully saturated rings. The Balaban J connectivity index is 4.56. The van der Waals surface area contributed by atoms with Gasteiger partial charge in [0.2, 0.25) is 0 Å². The largest absolute Gasteiger partial charge is 0.284 e. The highest BCUT2D eigenvalue weighted by molar-refractivity contribution is 8.11. The van der Waals surface area contributed by atoms with Crippen LogP contribution in [0.2, 0.25) is 0 Å². The molecular weight excluding hydrogens is 237 g/mol. The van der Waals surface area contributed by atoms with Crippen molar-refractivity contribution in [2.24, 2.45) is 0 Å². The molecule has 0 saturated carbocycles. The van der Waals surface area contributed by atoms with Gasteiger partial charge in [-0.1, -0.05) is 29.8 Å². The summed E-state index contributed by atoms with van der Waals surface area (Å²) in [5.41, 5.74) is 1.00. The summed E-state index contributed by atoms with van der Waals surface area (Å²) >= 11 is 20.9. The molecule has 0 aromatic heterocycles. The molecule has 58 valence electrons. The van der Waals surface area contributed by atoms with Gasteiger partial charge in [0.25, 0.3) is 5.85 Å². The van der Waals surface area contributed by atoms with E-state index in [4.69, 9.17) is 45.7 Å². The van der Waals surface area contributed by atoms with Gasteiger partial charge >= 0.3 is 0 Å². The maximum atomic E-state index is 10.8. The van der Waals surface area contributed by atoms with Gasteiger partial charge in [-0.25, -0.2) is 0 Å². The lowest BCUT2D eigenvalue weighted by Crippen LogP contribution is -1.71. The molecule has 6 heteroatoms. The first kappa shape index (κ1) is 10.9. The molecule has 0 heterocycles. The van der Waals surface area contributed by atoms with Gasteiger partial charge in [0.1, 0.15) is 0 Å². The molecule has 1 nitrogen and oxygen atoms in total. The van der Waals surface area contributed by atoms with E-state index in [2.05, 4.69) is 6.58 Å². The smallest absolute Gasteiger partial charge is 0.282 e. The van der Waals surface area contributed by atoms with Crippen molar-refractivity contribution in [1.29, 1.82) is 0 Å². The van der Waals surface area contributed by atoms with Crippen LogP contribution in [-0.4, -0.2) is 0 Å². The van der Waals surface area contributed by atoms with Crippen LogP contribution in [0.4, 0.5) is 0 Å². The van der Waals surface area contributed by atoms with E-state index < -0.39 is 5.85 Å². The Kier molecular flexibility index (Phi) is 4.39. The molecule has 10 heavy (non-hydrogen) atoms. The Bertz CT molecular complexity index is 215.